The van der Waals surface area contributed by atoms with Crippen molar-refractivity contribution < 1.29 is 0 Å². The molecule has 0 aliphatic carbocycles. The number of hydrogen-bond acceptors (Lipinski definition) is 4. The summed E-state index contributed by atoms with van der Waals surface area (Å²) in [6.07, 6.45) is 4.65. The lowest BCUT2D eigenvalue weighted by Crippen LogP contribution is -2.33. The Hall–Kier alpha value is -0.610. The Morgan fingerprint density at radius 1 is 1.62 bits per heavy atom. The third kappa shape index (κ3) is 2.19. The molecule has 0 saturated carbocycles. The molecule has 0 spiro atoms. The van der Waals surface area contributed by atoms with Crippen molar-refractivity contribution in [3.05, 3.63) is 24.3 Å². The number of nitrogens with one attached hydrogen (secondary N) is 1. The molecule has 0 aromatic carbocycles. The molecule has 4 heteroatoms. The maximum Gasteiger partial charge on any atom is 0.115 e. The first-order chi connectivity index (χ1) is 6.36. The molecule has 2 unspecified atom stereocenters. The largest absolute Gasteiger partial charge is 0.298 e. The Morgan fingerprint density at radius 3 is 3.23 bits per heavy atom. The molecule has 1 aromatic rings. The number of nitrogens with zero attached hydrogens (tertiary/aromatic N) is 2. The van der Waals surface area contributed by atoms with E-state index in [1.807, 2.05) is 17.8 Å². The summed E-state index contributed by atoms with van der Waals surface area (Å²) in [6.45, 7) is 2.22. The van der Waals surface area contributed by atoms with E-state index >= 15 is 0 Å². The highest BCUT2D eigenvalue weighted by Gasteiger charge is 2.20. The Morgan fingerprint density at radius 2 is 2.54 bits per heavy atom. The molecule has 13 heavy (non-hydrogen) atoms. The lowest BCUT2D eigenvalue weighted by molar-refractivity contribution is 0.506. The van der Waals surface area contributed by atoms with Crippen molar-refractivity contribution in [2.75, 3.05) is 5.75 Å². The van der Waals surface area contributed by atoms with Crippen LogP contribution in [0, 0.1) is 0 Å². The fraction of sp³-hybridized carbons (Fsp3) is 0.556. The van der Waals surface area contributed by atoms with Gasteiger partial charge in [-0.1, -0.05) is 0 Å². The number of thioether (sulfide) groups is 1. The zero-order valence-corrected chi connectivity index (χ0v) is 8.42. The maximum atomic E-state index is 4.24. The summed E-state index contributed by atoms with van der Waals surface area (Å²) < 4.78 is 0. The first-order valence-electron chi connectivity index (χ1n) is 4.50. The van der Waals surface area contributed by atoms with Crippen LogP contribution in [0.1, 0.15) is 24.4 Å². The average Bonchev–Trinajstić information content (AvgIpc) is 2.19. The van der Waals surface area contributed by atoms with E-state index in [4.69, 9.17) is 0 Å². The minimum Gasteiger partial charge on any atom is -0.298 e. The summed E-state index contributed by atoms with van der Waals surface area (Å²) >= 11 is 1.92. The molecule has 2 rings (SSSR count). The van der Waals surface area contributed by atoms with Crippen molar-refractivity contribution in [2.24, 2.45) is 0 Å². The highest BCUT2D eigenvalue weighted by Crippen LogP contribution is 2.29. The van der Waals surface area contributed by atoms with E-state index in [-0.39, 0.29) is 0 Å². The average molecular weight is 195 g/mol. The van der Waals surface area contributed by atoms with Crippen LogP contribution in [-0.2, 0) is 0 Å². The van der Waals surface area contributed by atoms with Crippen molar-refractivity contribution in [3.8, 4) is 0 Å². The van der Waals surface area contributed by atoms with Gasteiger partial charge >= 0.3 is 0 Å². The van der Waals surface area contributed by atoms with Gasteiger partial charge in [0.25, 0.3) is 0 Å². The highest BCUT2D eigenvalue weighted by molar-refractivity contribution is 7.99. The van der Waals surface area contributed by atoms with Gasteiger partial charge in [-0.05, 0) is 25.2 Å². The maximum absolute atomic E-state index is 4.24. The fourth-order valence-electron chi connectivity index (χ4n) is 1.38. The molecule has 3 nitrogen and oxygen atoms in total. The molecule has 1 saturated heterocycles. The van der Waals surface area contributed by atoms with E-state index in [0.29, 0.717) is 11.4 Å². The third-order valence-corrected chi connectivity index (χ3v) is 3.33. The Kier molecular flexibility index (Phi) is 2.80. The summed E-state index contributed by atoms with van der Waals surface area (Å²) in [5.41, 5.74) is 1.09. The van der Waals surface area contributed by atoms with Crippen LogP contribution >= 0.6 is 11.8 Å². The van der Waals surface area contributed by atoms with E-state index < -0.39 is 0 Å². The summed E-state index contributed by atoms with van der Waals surface area (Å²) in [7, 11) is 0. The molecule has 1 aromatic heterocycles. The molecule has 1 fully saturated rings. The van der Waals surface area contributed by atoms with Crippen LogP contribution in [0.4, 0.5) is 0 Å². The number of aromatic nitrogens is 2. The molecule has 0 bridgehead atoms. The van der Waals surface area contributed by atoms with Crippen LogP contribution in [0.15, 0.2) is 18.6 Å². The van der Waals surface area contributed by atoms with Gasteiger partial charge in [0.2, 0.25) is 0 Å². The van der Waals surface area contributed by atoms with Crippen LogP contribution in [-0.4, -0.2) is 21.8 Å². The van der Waals surface area contributed by atoms with Crippen LogP contribution in [0.2, 0.25) is 0 Å². The van der Waals surface area contributed by atoms with Crippen molar-refractivity contribution in [2.45, 2.75) is 24.8 Å². The molecule has 0 radical (unpaired) electrons. The molecular weight excluding hydrogens is 182 g/mol. The predicted molar refractivity (Wildman–Crippen MR) is 54.4 cm³/mol. The van der Waals surface area contributed by atoms with Crippen molar-refractivity contribution >= 4 is 11.8 Å². The molecule has 2 heterocycles. The molecule has 1 aliphatic heterocycles. The first-order valence-corrected chi connectivity index (χ1v) is 5.54. The third-order valence-electron chi connectivity index (χ3n) is 2.14. The lowest BCUT2D eigenvalue weighted by Gasteiger charge is -2.27. The Labute approximate surface area is 82.4 Å². The van der Waals surface area contributed by atoms with Gasteiger partial charge < -0.3 is 0 Å². The molecule has 1 N–H and O–H groups in total. The fourth-order valence-corrected chi connectivity index (χ4v) is 2.74. The van der Waals surface area contributed by atoms with Crippen LogP contribution in [0.3, 0.4) is 0 Å². The molecular formula is C9H13N3S. The van der Waals surface area contributed by atoms with Crippen molar-refractivity contribution in [3.63, 3.8) is 0 Å². The van der Waals surface area contributed by atoms with Gasteiger partial charge in [-0.2, -0.15) is 0 Å². The monoisotopic (exact) mass is 195 g/mol. The zero-order valence-electron chi connectivity index (χ0n) is 7.60. The van der Waals surface area contributed by atoms with E-state index in [0.717, 1.165) is 5.69 Å². The quantitative estimate of drug-likeness (QED) is 0.738. The normalized spacial score (nSPS) is 28.7. The second-order valence-corrected chi connectivity index (χ2v) is 4.45. The van der Waals surface area contributed by atoms with E-state index in [1.165, 1.54) is 12.2 Å². The van der Waals surface area contributed by atoms with Gasteiger partial charge in [0.05, 0.1) is 11.1 Å². The minimum absolute atomic E-state index is 0.353. The molecule has 1 aliphatic rings. The molecule has 70 valence electrons. The Balaban J connectivity index is 2.08. The summed E-state index contributed by atoms with van der Waals surface area (Å²) in [6, 6.07) is 2.57. The second-order valence-electron chi connectivity index (χ2n) is 3.24. The van der Waals surface area contributed by atoms with Gasteiger partial charge in [0.15, 0.2) is 0 Å². The standard InChI is InChI=1S/C9H13N3S/c1-7-3-5-13-9(12-7)8-2-4-10-6-11-8/h2,4,6-7,9,12H,3,5H2,1H3. The van der Waals surface area contributed by atoms with E-state index in [9.17, 15) is 0 Å². The van der Waals surface area contributed by atoms with Gasteiger partial charge in [0.1, 0.15) is 6.33 Å². The number of rotatable bonds is 1. The number of hydrogen-bond donors (Lipinski definition) is 1. The second kappa shape index (κ2) is 4.07. The zero-order chi connectivity index (χ0) is 9.10. The topological polar surface area (TPSA) is 37.8 Å². The van der Waals surface area contributed by atoms with Gasteiger partial charge in [-0.25, -0.2) is 9.97 Å². The Bertz CT molecular complexity index is 265. The van der Waals surface area contributed by atoms with Crippen molar-refractivity contribution in [1.82, 2.24) is 15.3 Å². The highest BCUT2D eigenvalue weighted by atomic mass is 32.2. The van der Waals surface area contributed by atoms with E-state index in [2.05, 4.69) is 22.2 Å². The molecule has 0 amide bonds. The summed E-state index contributed by atoms with van der Waals surface area (Å²) in [5.74, 6) is 1.21. The predicted octanol–water partition coefficient (Wildman–Crippen LogP) is 1.59. The van der Waals surface area contributed by atoms with Crippen LogP contribution in [0.5, 0.6) is 0 Å². The molecule has 2 atom stereocenters. The van der Waals surface area contributed by atoms with Gasteiger partial charge in [0, 0.05) is 12.2 Å². The smallest absolute Gasteiger partial charge is 0.115 e. The van der Waals surface area contributed by atoms with Gasteiger partial charge in [-0.15, -0.1) is 11.8 Å². The first kappa shape index (κ1) is 8.97. The SMILES string of the molecule is CC1CCSC(c2ccncn2)N1. The van der Waals surface area contributed by atoms with Crippen LogP contribution < -0.4 is 5.32 Å². The minimum atomic E-state index is 0.353. The van der Waals surface area contributed by atoms with Crippen LogP contribution in [0.25, 0.3) is 0 Å². The van der Waals surface area contributed by atoms with Crippen molar-refractivity contribution in [1.29, 1.82) is 0 Å². The lowest BCUT2D eigenvalue weighted by atomic mass is 10.2. The van der Waals surface area contributed by atoms with Gasteiger partial charge in [-0.3, -0.25) is 5.32 Å². The summed E-state index contributed by atoms with van der Waals surface area (Å²) in [4.78, 5) is 8.15. The van der Waals surface area contributed by atoms with E-state index in [1.54, 1.807) is 12.5 Å². The summed E-state index contributed by atoms with van der Waals surface area (Å²) in [5, 5.41) is 3.86.